The minimum atomic E-state index is -0.513. The molecule has 0 aliphatic heterocycles. The van der Waals surface area contributed by atoms with Gasteiger partial charge in [-0.1, -0.05) is 17.7 Å². The number of carbonyl (C=O) groups excluding carboxylic acids is 1. The number of aromatic amines is 1. The number of aliphatic hydroxyl groups is 1. The summed E-state index contributed by atoms with van der Waals surface area (Å²) in [5.41, 5.74) is 2.57. The third-order valence-corrected chi connectivity index (χ3v) is 4.18. The number of pyridine rings is 1. The number of benzene rings is 1. The van der Waals surface area contributed by atoms with E-state index in [2.05, 4.69) is 20.5 Å². The lowest BCUT2D eigenvalue weighted by molar-refractivity contribution is -0.116. The SMILES string of the molecule is O=C(CCc1ccc(Cl)c(F)c1)Nc1n[nH]c(-c2ccncc2)c1CO. The van der Waals surface area contributed by atoms with E-state index in [0.717, 1.165) is 5.56 Å². The van der Waals surface area contributed by atoms with Crippen LogP contribution in [0.1, 0.15) is 17.5 Å². The van der Waals surface area contributed by atoms with E-state index in [1.165, 1.54) is 12.1 Å². The molecule has 0 saturated carbocycles. The van der Waals surface area contributed by atoms with Gasteiger partial charge in [0.2, 0.25) is 5.91 Å². The summed E-state index contributed by atoms with van der Waals surface area (Å²) in [6.07, 6.45) is 3.75. The number of carbonyl (C=O) groups is 1. The summed E-state index contributed by atoms with van der Waals surface area (Å²) in [6, 6.07) is 7.99. The quantitative estimate of drug-likeness (QED) is 0.617. The number of aryl methyl sites for hydroxylation is 1. The van der Waals surface area contributed by atoms with Gasteiger partial charge in [0.05, 0.1) is 17.3 Å². The summed E-state index contributed by atoms with van der Waals surface area (Å²) >= 11 is 5.64. The van der Waals surface area contributed by atoms with Crippen LogP contribution in [0.3, 0.4) is 0 Å². The van der Waals surface area contributed by atoms with E-state index in [-0.39, 0.29) is 29.8 Å². The van der Waals surface area contributed by atoms with Crippen molar-refractivity contribution in [3.63, 3.8) is 0 Å². The van der Waals surface area contributed by atoms with Crippen molar-refractivity contribution in [2.45, 2.75) is 19.4 Å². The minimum Gasteiger partial charge on any atom is -0.391 e. The lowest BCUT2D eigenvalue weighted by atomic mass is 10.1. The van der Waals surface area contributed by atoms with E-state index in [0.29, 0.717) is 23.2 Å². The second-order valence-electron chi connectivity index (χ2n) is 5.62. The standard InChI is InChI=1S/C18H16ClFN4O2/c19-14-3-1-11(9-15(14)20)2-4-16(26)22-18-13(10-25)17(23-24-18)12-5-7-21-8-6-12/h1,3,5-9,25H,2,4,10H2,(H2,22,23,24,26). The molecule has 3 aromatic rings. The van der Waals surface area contributed by atoms with E-state index in [4.69, 9.17) is 11.6 Å². The Morgan fingerprint density at radius 2 is 2.04 bits per heavy atom. The molecule has 0 spiro atoms. The third kappa shape index (κ3) is 4.07. The molecule has 1 aromatic carbocycles. The Bertz CT molecular complexity index is 915. The second kappa shape index (κ2) is 8.07. The summed E-state index contributed by atoms with van der Waals surface area (Å²) < 4.78 is 13.4. The predicted molar refractivity (Wildman–Crippen MR) is 96.1 cm³/mol. The molecular formula is C18H16ClFN4O2. The van der Waals surface area contributed by atoms with Crippen LogP contribution in [0.5, 0.6) is 0 Å². The van der Waals surface area contributed by atoms with Gasteiger partial charge in [0, 0.05) is 29.9 Å². The first-order valence-electron chi connectivity index (χ1n) is 7.90. The van der Waals surface area contributed by atoms with Crippen molar-refractivity contribution in [3.05, 3.63) is 64.7 Å². The molecule has 2 aromatic heterocycles. The van der Waals surface area contributed by atoms with Crippen LogP contribution in [0.2, 0.25) is 5.02 Å². The van der Waals surface area contributed by atoms with Crippen molar-refractivity contribution in [3.8, 4) is 11.3 Å². The number of aromatic nitrogens is 3. The lowest BCUT2D eigenvalue weighted by Crippen LogP contribution is -2.14. The number of amides is 1. The summed E-state index contributed by atoms with van der Waals surface area (Å²) in [6.45, 7) is -0.286. The van der Waals surface area contributed by atoms with E-state index in [9.17, 15) is 14.3 Å². The van der Waals surface area contributed by atoms with Gasteiger partial charge in [0.15, 0.2) is 5.82 Å². The van der Waals surface area contributed by atoms with E-state index in [1.54, 1.807) is 30.6 Å². The predicted octanol–water partition coefficient (Wildman–Crippen LogP) is 3.33. The monoisotopic (exact) mass is 374 g/mol. The Morgan fingerprint density at radius 3 is 2.73 bits per heavy atom. The Balaban J connectivity index is 1.67. The van der Waals surface area contributed by atoms with Gasteiger partial charge in [-0.3, -0.25) is 14.9 Å². The average molecular weight is 375 g/mol. The van der Waals surface area contributed by atoms with E-state index >= 15 is 0 Å². The lowest BCUT2D eigenvalue weighted by Gasteiger charge is -2.06. The molecule has 26 heavy (non-hydrogen) atoms. The van der Waals surface area contributed by atoms with Crippen molar-refractivity contribution < 1.29 is 14.3 Å². The van der Waals surface area contributed by atoms with Gasteiger partial charge in [0.25, 0.3) is 0 Å². The molecule has 0 bridgehead atoms. The van der Waals surface area contributed by atoms with Gasteiger partial charge in [0.1, 0.15) is 5.82 Å². The van der Waals surface area contributed by atoms with Crippen LogP contribution < -0.4 is 5.32 Å². The van der Waals surface area contributed by atoms with Crippen molar-refractivity contribution in [1.29, 1.82) is 0 Å². The molecule has 0 aliphatic carbocycles. The summed E-state index contributed by atoms with van der Waals surface area (Å²) in [5, 5.41) is 19.3. The smallest absolute Gasteiger partial charge is 0.225 e. The van der Waals surface area contributed by atoms with Gasteiger partial charge < -0.3 is 10.4 Å². The zero-order valence-corrected chi connectivity index (χ0v) is 14.4. The Labute approximate surface area is 154 Å². The first kappa shape index (κ1) is 18.0. The maximum atomic E-state index is 13.4. The van der Waals surface area contributed by atoms with Crippen LogP contribution in [0, 0.1) is 5.82 Å². The molecule has 2 heterocycles. The van der Waals surface area contributed by atoms with Crippen LogP contribution in [-0.4, -0.2) is 26.2 Å². The highest BCUT2D eigenvalue weighted by Crippen LogP contribution is 2.26. The van der Waals surface area contributed by atoms with Gasteiger partial charge in [-0.25, -0.2) is 4.39 Å². The van der Waals surface area contributed by atoms with Crippen LogP contribution in [0.25, 0.3) is 11.3 Å². The Kier molecular flexibility index (Phi) is 5.60. The normalized spacial score (nSPS) is 10.7. The molecule has 134 valence electrons. The number of halogens is 2. The van der Waals surface area contributed by atoms with Gasteiger partial charge in [-0.05, 0) is 36.2 Å². The third-order valence-electron chi connectivity index (χ3n) is 3.88. The van der Waals surface area contributed by atoms with Crippen LogP contribution >= 0.6 is 11.6 Å². The van der Waals surface area contributed by atoms with Gasteiger partial charge in [-0.15, -0.1) is 0 Å². The zero-order chi connectivity index (χ0) is 18.5. The van der Waals surface area contributed by atoms with Crippen LogP contribution in [0.4, 0.5) is 10.2 Å². The fourth-order valence-electron chi connectivity index (χ4n) is 2.53. The van der Waals surface area contributed by atoms with Crippen molar-refractivity contribution in [2.24, 2.45) is 0 Å². The highest BCUT2D eigenvalue weighted by molar-refractivity contribution is 6.30. The van der Waals surface area contributed by atoms with Crippen molar-refractivity contribution in [2.75, 3.05) is 5.32 Å². The molecule has 0 radical (unpaired) electrons. The topological polar surface area (TPSA) is 90.9 Å². The molecule has 0 saturated heterocycles. The van der Waals surface area contributed by atoms with E-state index < -0.39 is 5.82 Å². The van der Waals surface area contributed by atoms with Crippen molar-refractivity contribution in [1.82, 2.24) is 15.2 Å². The number of hydrogen-bond acceptors (Lipinski definition) is 4. The average Bonchev–Trinajstić information content (AvgIpc) is 3.06. The maximum absolute atomic E-state index is 13.4. The fourth-order valence-corrected chi connectivity index (χ4v) is 2.64. The molecule has 0 unspecified atom stereocenters. The molecular weight excluding hydrogens is 359 g/mol. The molecule has 3 rings (SSSR count). The number of hydrogen-bond donors (Lipinski definition) is 3. The number of H-pyrrole nitrogens is 1. The fraction of sp³-hybridized carbons (Fsp3) is 0.167. The summed E-state index contributed by atoms with van der Waals surface area (Å²) in [4.78, 5) is 16.1. The number of nitrogens with zero attached hydrogens (tertiary/aromatic N) is 2. The van der Waals surface area contributed by atoms with E-state index in [1.807, 2.05) is 0 Å². The van der Waals surface area contributed by atoms with Gasteiger partial charge in [-0.2, -0.15) is 5.10 Å². The molecule has 0 aliphatic rings. The molecule has 3 N–H and O–H groups in total. The van der Waals surface area contributed by atoms with Gasteiger partial charge >= 0.3 is 0 Å². The van der Waals surface area contributed by atoms with Crippen LogP contribution in [-0.2, 0) is 17.8 Å². The summed E-state index contributed by atoms with van der Waals surface area (Å²) in [5.74, 6) is -0.532. The zero-order valence-electron chi connectivity index (χ0n) is 13.7. The maximum Gasteiger partial charge on any atom is 0.225 e. The molecule has 8 heteroatoms. The first-order valence-corrected chi connectivity index (χ1v) is 8.28. The number of nitrogens with one attached hydrogen (secondary N) is 2. The highest BCUT2D eigenvalue weighted by atomic mass is 35.5. The minimum absolute atomic E-state index is 0.0472. The Hall–Kier alpha value is -2.77. The second-order valence-corrected chi connectivity index (χ2v) is 6.02. The Morgan fingerprint density at radius 1 is 1.27 bits per heavy atom. The first-order chi connectivity index (χ1) is 12.6. The molecule has 0 fully saturated rings. The summed E-state index contributed by atoms with van der Waals surface area (Å²) in [7, 11) is 0. The number of rotatable bonds is 6. The highest BCUT2D eigenvalue weighted by Gasteiger charge is 2.16. The molecule has 6 nitrogen and oxygen atoms in total. The van der Waals surface area contributed by atoms with Crippen molar-refractivity contribution >= 4 is 23.3 Å². The largest absolute Gasteiger partial charge is 0.391 e. The van der Waals surface area contributed by atoms with Crippen LogP contribution in [0.15, 0.2) is 42.7 Å². The number of anilines is 1. The molecule has 1 amide bonds. The molecule has 0 atom stereocenters. The number of aliphatic hydroxyl groups excluding tert-OH is 1.